The van der Waals surface area contributed by atoms with Crippen LogP contribution in [0.5, 0.6) is 5.75 Å². The van der Waals surface area contributed by atoms with Gasteiger partial charge in [-0.1, -0.05) is 30.2 Å². The van der Waals surface area contributed by atoms with Crippen LogP contribution in [0.2, 0.25) is 0 Å². The molecule has 4 rings (SSSR count). The smallest absolute Gasteiger partial charge is 0.253 e. The van der Waals surface area contributed by atoms with Gasteiger partial charge in [0.05, 0.1) is 12.7 Å². The number of benzene rings is 2. The van der Waals surface area contributed by atoms with E-state index in [2.05, 4.69) is 21.7 Å². The van der Waals surface area contributed by atoms with Crippen LogP contribution in [0.4, 0.5) is 4.39 Å². The van der Waals surface area contributed by atoms with Gasteiger partial charge < -0.3 is 9.64 Å². The molecule has 2 heterocycles. The van der Waals surface area contributed by atoms with E-state index in [0.717, 1.165) is 0 Å². The minimum atomic E-state index is -0.191. The van der Waals surface area contributed by atoms with Crippen molar-refractivity contribution < 1.29 is 13.9 Å². The maximum atomic E-state index is 13.9. The van der Waals surface area contributed by atoms with Gasteiger partial charge in [0, 0.05) is 50.0 Å². The fourth-order valence-corrected chi connectivity index (χ4v) is 3.67. The highest BCUT2D eigenvalue weighted by Crippen LogP contribution is 2.21. The normalized spacial score (nSPS) is 13.9. The maximum Gasteiger partial charge on any atom is 0.253 e. The molecule has 1 fully saturated rings. The molecule has 5 nitrogen and oxygen atoms in total. The molecule has 1 saturated heterocycles. The molecule has 0 aliphatic carbocycles. The van der Waals surface area contributed by atoms with Crippen molar-refractivity contribution in [3.63, 3.8) is 0 Å². The molecule has 0 unspecified atom stereocenters. The highest BCUT2D eigenvalue weighted by atomic mass is 19.1. The number of halogens is 1. The maximum absolute atomic E-state index is 13.9. The second-order valence-electron chi connectivity index (χ2n) is 7.54. The van der Waals surface area contributed by atoms with Crippen LogP contribution in [0, 0.1) is 17.7 Å². The summed E-state index contributed by atoms with van der Waals surface area (Å²) in [5, 5.41) is 0. The van der Waals surface area contributed by atoms with E-state index in [1.165, 1.54) is 6.07 Å². The van der Waals surface area contributed by atoms with Crippen molar-refractivity contribution in [2.45, 2.75) is 6.54 Å². The number of piperazine rings is 1. The van der Waals surface area contributed by atoms with Crippen molar-refractivity contribution in [3.8, 4) is 17.6 Å². The quantitative estimate of drug-likeness (QED) is 0.595. The summed E-state index contributed by atoms with van der Waals surface area (Å²) >= 11 is 0. The van der Waals surface area contributed by atoms with Crippen molar-refractivity contribution in [2.75, 3.05) is 33.3 Å². The van der Waals surface area contributed by atoms with Crippen LogP contribution in [0.3, 0.4) is 0 Å². The lowest BCUT2D eigenvalue weighted by Crippen LogP contribution is -2.48. The van der Waals surface area contributed by atoms with Crippen molar-refractivity contribution in [2.24, 2.45) is 0 Å². The monoisotopic (exact) mass is 429 g/mol. The molecule has 0 N–H and O–H groups in total. The first-order chi connectivity index (χ1) is 15.6. The Kier molecular flexibility index (Phi) is 6.78. The third-order valence-electron chi connectivity index (χ3n) is 5.45. The summed E-state index contributed by atoms with van der Waals surface area (Å²) in [6, 6.07) is 17.7. The third kappa shape index (κ3) is 5.13. The van der Waals surface area contributed by atoms with E-state index in [9.17, 15) is 9.18 Å². The van der Waals surface area contributed by atoms with E-state index >= 15 is 0 Å². The van der Waals surface area contributed by atoms with Crippen molar-refractivity contribution in [3.05, 3.63) is 95.1 Å². The Morgan fingerprint density at radius 2 is 1.81 bits per heavy atom. The Labute approximate surface area is 187 Å². The Morgan fingerprint density at radius 1 is 1.03 bits per heavy atom. The molecule has 1 amide bonds. The van der Waals surface area contributed by atoms with Crippen LogP contribution < -0.4 is 4.74 Å². The SMILES string of the molecule is COc1ccc(C(=O)N2CCN(Cc3ccccc3F)CC2)cc1C#Cc1ccccn1. The highest BCUT2D eigenvalue weighted by molar-refractivity contribution is 5.95. The topological polar surface area (TPSA) is 45.7 Å². The summed E-state index contributed by atoms with van der Waals surface area (Å²) in [6.45, 7) is 3.12. The number of nitrogens with zero attached hydrogens (tertiary/aromatic N) is 3. The van der Waals surface area contributed by atoms with Crippen LogP contribution in [0.15, 0.2) is 66.9 Å². The summed E-state index contributed by atoms with van der Waals surface area (Å²) in [5.41, 5.74) is 2.54. The Balaban J connectivity index is 1.43. The van der Waals surface area contributed by atoms with E-state index in [4.69, 9.17) is 4.74 Å². The first kappa shape index (κ1) is 21.5. The van der Waals surface area contributed by atoms with Gasteiger partial charge in [-0.3, -0.25) is 9.69 Å². The first-order valence-electron chi connectivity index (χ1n) is 10.5. The lowest BCUT2D eigenvalue weighted by molar-refractivity contribution is 0.0627. The molecule has 1 aliphatic heterocycles. The number of carbonyl (C=O) groups is 1. The van der Waals surface area contributed by atoms with Gasteiger partial charge in [-0.05, 0) is 42.3 Å². The standard InChI is InChI=1S/C26H24FN3O2/c1-32-25-12-10-21(18-20(25)9-11-23-7-4-5-13-28-23)26(31)30-16-14-29(15-17-30)19-22-6-2-3-8-24(22)27/h2-8,10,12-13,18H,14-17,19H2,1H3. The van der Waals surface area contributed by atoms with Crippen molar-refractivity contribution in [1.29, 1.82) is 0 Å². The fraction of sp³-hybridized carbons (Fsp3) is 0.231. The summed E-state index contributed by atoms with van der Waals surface area (Å²) in [6.07, 6.45) is 1.69. The number of amides is 1. The van der Waals surface area contributed by atoms with Gasteiger partial charge >= 0.3 is 0 Å². The second-order valence-corrected chi connectivity index (χ2v) is 7.54. The number of pyridine rings is 1. The average Bonchev–Trinajstić information content (AvgIpc) is 2.84. The molecule has 32 heavy (non-hydrogen) atoms. The van der Waals surface area contributed by atoms with Gasteiger partial charge in [-0.2, -0.15) is 0 Å². The van der Waals surface area contributed by atoms with Gasteiger partial charge in [0.15, 0.2) is 0 Å². The number of ether oxygens (including phenoxy) is 1. The summed E-state index contributed by atoms with van der Waals surface area (Å²) in [5.74, 6) is 6.46. The molecular weight excluding hydrogens is 405 g/mol. The number of methoxy groups -OCH3 is 1. The second kappa shape index (κ2) is 10.1. The fourth-order valence-electron chi connectivity index (χ4n) is 3.67. The predicted octanol–water partition coefficient (Wildman–Crippen LogP) is 3.59. The molecule has 162 valence electrons. The summed E-state index contributed by atoms with van der Waals surface area (Å²) in [4.78, 5) is 21.3. The Morgan fingerprint density at radius 3 is 2.53 bits per heavy atom. The molecule has 1 aliphatic rings. The molecule has 2 aromatic carbocycles. The lowest BCUT2D eigenvalue weighted by Gasteiger charge is -2.35. The zero-order valence-corrected chi connectivity index (χ0v) is 17.9. The first-order valence-corrected chi connectivity index (χ1v) is 10.5. The number of aromatic nitrogens is 1. The van der Waals surface area contributed by atoms with Gasteiger partial charge in [0.2, 0.25) is 0 Å². The van der Waals surface area contributed by atoms with Crippen LogP contribution in [0.1, 0.15) is 27.2 Å². The molecular formula is C26H24FN3O2. The van der Waals surface area contributed by atoms with Crippen LogP contribution in [-0.2, 0) is 6.54 Å². The predicted molar refractivity (Wildman–Crippen MR) is 121 cm³/mol. The molecule has 0 spiro atoms. The van der Waals surface area contributed by atoms with E-state index in [1.807, 2.05) is 29.2 Å². The molecule has 0 saturated carbocycles. The lowest BCUT2D eigenvalue weighted by atomic mass is 10.1. The molecule has 6 heteroatoms. The number of hydrogen-bond acceptors (Lipinski definition) is 4. The average molecular weight is 429 g/mol. The minimum Gasteiger partial charge on any atom is -0.495 e. The van der Waals surface area contributed by atoms with Crippen LogP contribution in [0.25, 0.3) is 0 Å². The number of carbonyl (C=O) groups excluding carboxylic acids is 1. The molecule has 0 bridgehead atoms. The van der Waals surface area contributed by atoms with E-state index in [1.54, 1.807) is 43.6 Å². The van der Waals surface area contributed by atoms with Gasteiger partial charge in [0.1, 0.15) is 17.3 Å². The Hall–Kier alpha value is -3.69. The zero-order chi connectivity index (χ0) is 22.3. The molecule has 1 aromatic heterocycles. The number of rotatable bonds is 4. The molecule has 3 aromatic rings. The van der Waals surface area contributed by atoms with Crippen molar-refractivity contribution >= 4 is 5.91 Å². The van der Waals surface area contributed by atoms with Crippen molar-refractivity contribution in [1.82, 2.24) is 14.8 Å². The van der Waals surface area contributed by atoms with Crippen LogP contribution >= 0.6 is 0 Å². The van der Waals surface area contributed by atoms with Crippen LogP contribution in [-0.4, -0.2) is 54.0 Å². The van der Waals surface area contributed by atoms with Gasteiger partial charge in [-0.25, -0.2) is 9.37 Å². The largest absolute Gasteiger partial charge is 0.495 e. The van der Waals surface area contributed by atoms with E-state index in [-0.39, 0.29) is 11.7 Å². The summed E-state index contributed by atoms with van der Waals surface area (Å²) < 4.78 is 19.3. The molecule has 0 atom stereocenters. The third-order valence-corrected chi connectivity index (χ3v) is 5.45. The highest BCUT2D eigenvalue weighted by Gasteiger charge is 2.23. The number of hydrogen-bond donors (Lipinski definition) is 0. The summed E-state index contributed by atoms with van der Waals surface area (Å²) in [7, 11) is 1.58. The molecule has 0 radical (unpaired) electrons. The van der Waals surface area contributed by atoms with Gasteiger partial charge in [0.25, 0.3) is 5.91 Å². The van der Waals surface area contributed by atoms with Gasteiger partial charge in [-0.15, -0.1) is 0 Å². The van der Waals surface area contributed by atoms with E-state index in [0.29, 0.717) is 60.9 Å². The zero-order valence-electron chi connectivity index (χ0n) is 17.9. The minimum absolute atomic E-state index is 0.0425. The van der Waals surface area contributed by atoms with E-state index < -0.39 is 0 Å². The Bertz CT molecular complexity index is 1150.